The van der Waals surface area contributed by atoms with Gasteiger partial charge in [0.15, 0.2) is 0 Å². The third-order valence-corrected chi connectivity index (χ3v) is 6.00. The summed E-state index contributed by atoms with van der Waals surface area (Å²) < 4.78 is 24.9. The summed E-state index contributed by atoms with van der Waals surface area (Å²) in [6.45, 7) is 4.06. The number of aliphatic carboxylic acids is 1. The predicted octanol–water partition coefficient (Wildman–Crippen LogP) is 1.77. The fourth-order valence-electron chi connectivity index (χ4n) is 3.18. The van der Waals surface area contributed by atoms with Crippen LogP contribution >= 0.6 is 0 Å². The summed E-state index contributed by atoms with van der Waals surface area (Å²) in [4.78, 5) is 23.7. The Labute approximate surface area is 148 Å². The lowest BCUT2D eigenvalue weighted by atomic mass is 9.88. The average Bonchev–Trinajstić information content (AvgIpc) is 2.96. The van der Waals surface area contributed by atoms with Crippen molar-refractivity contribution in [2.24, 2.45) is 0 Å². The molecule has 2 N–H and O–H groups in total. The van der Waals surface area contributed by atoms with Gasteiger partial charge in [-0.1, -0.05) is 13.8 Å². The summed E-state index contributed by atoms with van der Waals surface area (Å²) in [5.74, 6) is -1.30. The van der Waals surface area contributed by atoms with Gasteiger partial charge in [-0.2, -0.15) is 0 Å². The Morgan fingerprint density at radius 1 is 1.28 bits per heavy atom. The Hall–Kier alpha value is -2.09. The van der Waals surface area contributed by atoms with Crippen LogP contribution < -0.4 is 9.62 Å². The molecule has 138 valence electrons. The highest BCUT2D eigenvalue weighted by Gasteiger charge is 2.32. The minimum Gasteiger partial charge on any atom is -0.481 e. The molecule has 7 nitrogen and oxygen atoms in total. The van der Waals surface area contributed by atoms with Gasteiger partial charge in [-0.3, -0.25) is 13.9 Å². The van der Waals surface area contributed by atoms with Crippen LogP contribution in [-0.2, 0) is 21.2 Å². The van der Waals surface area contributed by atoms with Gasteiger partial charge in [-0.05, 0) is 43.0 Å². The lowest BCUT2D eigenvalue weighted by molar-refractivity contribution is -0.138. The van der Waals surface area contributed by atoms with Gasteiger partial charge < -0.3 is 10.4 Å². The molecule has 0 radical (unpaired) electrons. The molecule has 1 aliphatic rings. The molecule has 1 amide bonds. The van der Waals surface area contributed by atoms with Crippen LogP contribution in [0.4, 0.5) is 5.69 Å². The molecule has 0 fully saturated rings. The normalized spacial score (nSPS) is 14.3. The van der Waals surface area contributed by atoms with E-state index in [1.54, 1.807) is 18.2 Å². The fourth-order valence-corrected chi connectivity index (χ4v) is 4.14. The number of carboxylic acid groups (broad SMARTS) is 1. The summed E-state index contributed by atoms with van der Waals surface area (Å²) in [6.07, 6.45) is 2.58. The summed E-state index contributed by atoms with van der Waals surface area (Å²) in [7, 11) is -3.33. The van der Waals surface area contributed by atoms with E-state index in [0.717, 1.165) is 11.8 Å². The minimum absolute atomic E-state index is 0.140. The summed E-state index contributed by atoms with van der Waals surface area (Å²) in [6, 6.07) is 4.90. The van der Waals surface area contributed by atoms with Crippen molar-refractivity contribution < 1.29 is 23.1 Å². The van der Waals surface area contributed by atoms with Crippen molar-refractivity contribution >= 4 is 27.6 Å². The van der Waals surface area contributed by atoms with Crippen molar-refractivity contribution in [2.75, 3.05) is 17.1 Å². The Bertz CT molecular complexity index is 784. The highest BCUT2D eigenvalue weighted by atomic mass is 32.2. The molecular formula is C17H24N2O5S. The van der Waals surface area contributed by atoms with Crippen LogP contribution in [0.1, 0.15) is 49.0 Å². The number of hydrogen-bond donors (Lipinski definition) is 2. The number of hydrogen-bond acceptors (Lipinski definition) is 4. The van der Waals surface area contributed by atoms with Gasteiger partial charge in [0, 0.05) is 12.1 Å². The molecule has 0 saturated carbocycles. The molecule has 0 aromatic heterocycles. The Morgan fingerprint density at radius 3 is 2.44 bits per heavy atom. The molecule has 0 atom stereocenters. The molecule has 8 heteroatoms. The van der Waals surface area contributed by atoms with Crippen molar-refractivity contribution in [3.8, 4) is 0 Å². The van der Waals surface area contributed by atoms with Crippen LogP contribution in [0.25, 0.3) is 0 Å². The van der Waals surface area contributed by atoms with Gasteiger partial charge >= 0.3 is 5.97 Å². The SMILES string of the molecule is CCC(CC)(CC(=O)O)NC(=O)c1ccc2c(c1)CCN2S(C)(=O)=O. The monoisotopic (exact) mass is 368 g/mol. The smallest absolute Gasteiger partial charge is 0.305 e. The number of carboxylic acids is 1. The van der Waals surface area contributed by atoms with Gasteiger partial charge in [-0.15, -0.1) is 0 Å². The fraction of sp³-hybridized carbons (Fsp3) is 0.529. The first kappa shape index (κ1) is 19.2. The minimum atomic E-state index is -3.33. The van der Waals surface area contributed by atoms with Crippen LogP contribution in [0.5, 0.6) is 0 Å². The van der Waals surface area contributed by atoms with Crippen LogP contribution in [0.3, 0.4) is 0 Å². The molecule has 0 bridgehead atoms. The van der Waals surface area contributed by atoms with Crippen LogP contribution in [-0.4, -0.2) is 43.7 Å². The van der Waals surface area contributed by atoms with Crippen molar-refractivity contribution in [2.45, 2.75) is 45.1 Å². The molecule has 0 aliphatic carbocycles. The number of rotatable bonds is 7. The highest BCUT2D eigenvalue weighted by Crippen LogP contribution is 2.31. The summed E-state index contributed by atoms with van der Waals surface area (Å²) in [5.41, 5.74) is 1.02. The van der Waals surface area contributed by atoms with E-state index < -0.39 is 21.5 Å². The van der Waals surface area contributed by atoms with Crippen molar-refractivity contribution in [3.05, 3.63) is 29.3 Å². The van der Waals surface area contributed by atoms with Crippen molar-refractivity contribution in [1.82, 2.24) is 5.32 Å². The molecule has 2 rings (SSSR count). The van der Waals surface area contributed by atoms with Gasteiger partial charge in [0.25, 0.3) is 5.91 Å². The van der Waals surface area contributed by atoms with E-state index in [4.69, 9.17) is 5.11 Å². The molecule has 1 heterocycles. The number of benzene rings is 1. The van der Waals surface area contributed by atoms with E-state index in [1.165, 1.54) is 4.31 Å². The zero-order valence-electron chi connectivity index (χ0n) is 14.7. The third kappa shape index (κ3) is 4.12. The van der Waals surface area contributed by atoms with Gasteiger partial charge in [0.1, 0.15) is 0 Å². The van der Waals surface area contributed by atoms with E-state index in [-0.39, 0.29) is 12.3 Å². The number of amides is 1. The predicted molar refractivity (Wildman–Crippen MR) is 95.4 cm³/mol. The maximum atomic E-state index is 12.6. The van der Waals surface area contributed by atoms with Crippen molar-refractivity contribution in [1.29, 1.82) is 0 Å². The molecule has 0 unspecified atom stereocenters. The highest BCUT2D eigenvalue weighted by molar-refractivity contribution is 7.92. The lowest BCUT2D eigenvalue weighted by Gasteiger charge is -2.31. The first-order valence-electron chi connectivity index (χ1n) is 8.27. The second-order valence-electron chi connectivity index (χ2n) is 6.44. The van der Waals surface area contributed by atoms with E-state index in [0.29, 0.717) is 37.1 Å². The largest absolute Gasteiger partial charge is 0.481 e. The number of carbonyl (C=O) groups is 2. The lowest BCUT2D eigenvalue weighted by Crippen LogP contribution is -2.49. The number of anilines is 1. The quantitative estimate of drug-likeness (QED) is 0.763. The number of fused-ring (bicyclic) bond motifs is 1. The standard InChI is InChI=1S/C17H24N2O5S/c1-4-17(5-2,11-15(20)21)18-16(22)13-6-7-14-12(10-13)8-9-19(14)25(3,23)24/h6-7,10H,4-5,8-9,11H2,1-3H3,(H,18,22)(H,20,21). The first-order valence-corrected chi connectivity index (χ1v) is 10.1. The zero-order valence-corrected chi connectivity index (χ0v) is 15.5. The maximum Gasteiger partial charge on any atom is 0.305 e. The van der Waals surface area contributed by atoms with Crippen molar-refractivity contribution in [3.63, 3.8) is 0 Å². The molecule has 1 aromatic rings. The number of carbonyl (C=O) groups excluding carboxylic acids is 1. The van der Waals surface area contributed by atoms with E-state index in [9.17, 15) is 18.0 Å². The van der Waals surface area contributed by atoms with Gasteiger partial charge in [0.05, 0.1) is 23.9 Å². The van der Waals surface area contributed by atoms with Gasteiger partial charge in [-0.25, -0.2) is 8.42 Å². The van der Waals surface area contributed by atoms with Crippen LogP contribution in [0.2, 0.25) is 0 Å². The van der Waals surface area contributed by atoms with Crippen LogP contribution in [0.15, 0.2) is 18.2 Å². The van der Waals surface area contributed by atoms with E-state index >= 15 is 0 Å². The molecule has 1 aromatic carbocycles. The molecule has 1 aliphatic heterocycles. The molecular weight excluding hydrogens is 344 g/mol. The average molecular weight is 368 g/mol. The van der Waals surface area contributed by atoms with Gasteiger partial charge in [0.2, 0.25) is 10.0 Å². The Balaban J connectivity index is 2.25. The number of nitrogens with one attached hydrogen (secondary N) is 1. The maximum absolute atomic E-state index is 12.6. The number of nitrogens with zero attached hydrogens (tertiary/aromatic N) is 1. The molecule has 25 heavy (non-hydrogen) atoms. The van der Waals surface area contributed by atoms with E-state index in [2.05, 4.69) is 5.32 Å². The summed E-state index contributed by atoms with van der Waals surface area (Å²) in [5, 5.41) is 12.0. The first-order chi connectivity index (χ1) is 11.6. The Morgan fingerprint density at radius 2 is 1.92 bits per heavy atom. The molecule has 0 spiro atoms. The topological polar surface area (TPSA) is 104 Å². The van der Waals surface area contributed by atoms with E-state index in [1.807, 2.05) is 13.8 Å². The zero-order chi connectivity index (χ0) is 18.8. The summed E-state index contributed by atoms with van der Waals surface area (Å²) >= 11 is 0. The number of sulfonamides is 1. The Kier molecular flexibility index (Phi) is 5.41. The molecule has 0 saturated heterocycles. The second-order valence-corrected chi connectivity index (χ2v) is 8.35. The third-order valence-electron chi connectivity index (χ3n) is 4.82. The van der Waals surface area contributed by atoms with Crippen LogP contribution in [0, 0.1) is 0 Å². The second kappa shape index (κ2) is 7.03.